The number of nitrogens with one attached hydrogen (secondary N) is 3. The van der Waals surface area contributed by atoms with E-state index in [4.69, 9.17) is 0 Å². The molecule has 2 amide bonds. The molecule has 0 aliphatic rings. The van der Waals surface area contributed by atoms with E-state index in [9.17, 15) is 29.8 Å². The lowest BCUT2D eigenvalue weighted by atomic mass is 10.0. The first-order valence-electron chi connectivity index (χ1n) is 10.3. The van der Waals surface area contributed by atoms with E-state index in [1.807, 2.05) is 13.8 Å². The fraction of sp³-hybridized carbons (Fsp3) is 0.238. The van der Waals surface area contributed by atoms with Crippen LogP contribution in [0.25, 0.3) is 0 Å². The molecule has 35 heavy (non-hydrogen) atoms. The number of amides is 2. The zero-order chi connectivity index (χ0) is 25.5. The van der Waals surface area contributed by atoms with Gasteiger partial charge in [-0.2, -0.15) is 0 Å². The number of aromatic nitrogens is 3. The summed E-state index contributed by atoms with van der Waals surface area (Å²) in [5.41, 5.74) is 0.287. The Labute approximate surface area is 203 Å². The van der Waals surface area contributed by atoms with Crippen molar-refractivity contribution in [3.05, 3.63) is 80.1 Å². The monoisotopic (exact) mass is 499 g/mol. The third kappa shape index (κ3) is 6.83. The van der Waals surface area contributed by atoms with Crippen molar-refractivity contribution in [2.45, 2.75) is 25.0 Å². The number of nitro benzene ring substituents is 2. The van der Waals surface area contributed by atoms with Gasteiger partial charge in [0, 0.05) is 35.5 Å². The molecule has 3 N–H and O–H groups in total. The van der Waals surface area contributed by atoms with Crippen LogP contribution in [0.15, 0.2) is 53.7 Å². The van der Waals surface area contributed by atoms with Crippen LogP contribution in [0.4, 0.5) is 17.1 Å². The van der Waals surface area contributed by atoms with Gasteiger partial charge in [0.15, 0.2) is 0 Å². The highest BCUT2D eigenvalue weighted by molar-refractivity contribution is 7.99. The summed E-state index contributed by atoms with van der Waals surface area (Å²) in [5, 5.41) is 34.2. The molecule has 0 fully saturated rings. The second kappa shape index (κ2) is 11.2. The van der Waals surface area contributed by atoms with Crippen LogP contribution in [0, 0.1) is 26.1 Å². The number of anilines is 1. The Morgan fingerprint density at radius 1 is 1.06 bits per heavy atom. The van der Waals surface area contributed by atoms with Crippen LogP contribution in [0.3, 0.4) is 0 Å². The van der Waals surface area contributed by atoms with Gasteiger partial charge in [-0.25, -0.2) is 4.98 Å². The van der Waals surface area contributed by atoms with E-state index in [0.29, 0.717) is 11.5 Å². The first kappa shape index (κ1) is 25.3. The lowest BCUT2D eigenvalue weighted by Crippen LogP contribution is -2.32. The van der Waals surface area contributed by atoms with E-state index in [2.05, 4.69) is 25.8 Å². The van der Waals surface area contributed by atoms with E-state index in [-0.39, 0.29) is 39.7 Å². The molecule has 14 heteroatoms. The Kier molecular flexibility index (Phi) is 8.09. The summed E-state index contributed by atoms with van der Waals surface area (Å²) in [5.74, 6) is -0.582. The second-order valence-electron chi connectivity index (χ2n) is 7.65. The van der Waals surface area contributed by atoms with Crippen LogP contribution in [-0.2, 0) is 4.79 Å². The normalized spacial score (nSPS) is 11.6. The Balaban J connectivity index is 1.60. The molecule has 3 rings (SSSR count). The van der Waals surface area contributed by atoms with Crippen LogP contribution in [0.2, 0.25) is 0 Å². The van der Waals surface area contributed by atoms with Crippen molar-refractivity contribution in [3.8, 4) is 0 Å². The molecule has 13 nitrogen and oxygen atoms in total. The fourth-order valence-corrected chi connectivity index (χ4v) is 3.60. The average Bonchev–Trinajstić information content (AvgIpc) is 3.30. The molecule has 1 aromatic heterocycles. The molecular formula is C21H21N7O6S. The lowest BCUT2D eigenvalue weighted by molar-refractivity contribution is -0.385. The van der Waals surface area contributed by atoms with Gasteiger partial charge in [-0.05, 0) is 24.1 Å². The predicted molar refractivity (Wildman–Crippen MR) is 127 cm³/mol. The lowest BCUT2D eigenvalue weighted by Gasteiger charge is -2.19. The van der Waals surface area contributed by atoms with Gasteiger partial charge in [0.2, 0.25) is 11.1 Å². The standard InChI is InChI=1S/C21H21N7O6S/c1-12(2)18(23-20(30)13-4-3-5-16(10-13)28(33)34)19-24-21(26-25-19)35-11-17(29)22-14-6-8-15(9-7-14)27(31)32/h3-10,12,18H,11H2,1-2H3,(H,22,29)(H,23,30)(H,24,25,26)/t18-/m0/s1. The summed E-state index contributed by atoms with van der Waals surface area (Å²) in [6.07, 6.45) is 0. The first-order chi connectivity index (χ1) is 16.6. The van der Waals surface area contributed by atoms with Crippen molar-refractivity contribution in [1.29, 1.82) is 0 Å². The number of aromatic amines is 1. The Bertz CT molecular complexity index is 1240. The molecule has 3 aromatic rings. The average molecular weight is 500 g/mol. The van der Waals surface area contributed by atoms with Crippen LogP contribution in [-0.4, -0.2) is 42.6 Å². The molecule has 2 aromatic carbocycles. The molecule has 0 saturated heterocycles. The third-order valence-electron chi connectivity index (χ3n) is 4.74. The van der Waals surface area contributed by atoms with E-state index in [1.165, 1.54) is 48.5 Å². The van der Waals surface area contributed by atoms with Gasteiger partial charge in [0.25, 0.3) is 17.3 Å². The zero-order valence-corrected chi connectivity index (χ0v) is 19.4. The second-order valence-corrected chi connectivity index (χ2v) is 8.59. The molecular weight excluding hydrogens is 478 g/mol. The Hall–Kier alpha value is -4.33. The highest BCUT2D eigenvalue weighted by Gasteiger charge is 2.24. The molecule has 1 atom stereocenters. The number of carbonyl (C=O) groups excluding carboxylic acids is 2. The molecule has 0 saturated carbocycles. The smallest absolute Gasteiger partial charge is 0.270 e. The molecule has 0 spiro atoms. The highest BCUT2D eigenvalue weighted by Crippen LogP contribution is 2.23. The minimum absolute atomic E-state index is 0.0132. The van der Waals surface area contributed by atoms with Crippen LogP contribution in [0.1, 0.15) is 36.1 Å². The summed E-state index contributed by atoms with van der Waals surface area (Å²) in [6.45, 7) is 3.73. The van der Waals surface area contributed by atoms with E-state index in [1.54, 1.807) is 0 Å². The molecule has 0 radical (unpaired) electrons. The third-order valence-corrected chi connectivity index (χ3v) is 5.59. The number of nitro groups is 2. The van der Waals surface area contributed by atoms with Gasteiger partial charge in [0.1, 0.15) is 5.82 Å². The Morgan fingerprint density at radius 2 is 1.74 bits per heavy atom. The van der Waals surface area contributed by atoms with Gasteiger partial charge in [-0.3, -0.25) is 34.9 Å². The van der Waals surface area contributed by atoms with Crippen molar-refractivity contribution in [1.82, 2.24) is 20.5 Å². The summed E-state index contributed by atoms with van der Waals surface area (Å²) < 4.78 is 0. The number of H-pyrrole nitrogens is 1. The molecule has 0 bridgehead atoms. The Morgan fingerprint density at radius 3 is 2.37 bits per heavy atom. The minimum atomic E-state index is -0.575. The van der Waals surface area contributed by atoms with Gasteiger partial charge in [-0.1, -0.05) is 31.7 Å². The SMILES string of the molecule is CC(C)[C@H](NC(=O)c1cccc([N+](=O)[O-])c1)c1nc(SCC(=O)Nc2ccc([N+](=O)[O-])cc2)n[nH]1. The largest absolute Gasteiger partial charge is 0.342 e. The summed E-state index contributed by atoms with van der Waals surface area (Å²) in [7, 11) is 0. The number of rotatable bonds is 10. The number of carbonyl (C=O) groups is 2. The molecule has 0 aliphatic heterocycles. The minimum Gasteiger partial charge on any atom is -0.342 e. The molecule has 1 heterocycles. The van der Waals surface area contributed by atoms with E-state index >= 15 is 0 Å². The van der Waals surface area contributed by atoms with Gasteiger partial charge in [0.05, 0.1) is 21.6 Å². The van der Waals surface area contributed by atoms with Crippen LogP contribution >= 0.6 is 11.8 Å². The van der Waals surface area contributed by atoms with Crippen molar-refractivity contribution in [2.75, 3.05) is 11.1 Å². The highest BCUT2D eigenvalue weighted by atomic mass is 32.2. The maximum Gasteiger partial charge on any atom is 0.270 e. The van der Waals surface area contributed by atoms with Gasteiger partial charge in [-0.15, -0.1) is 5.10 Å². The van der Waals surface area contributed by atoms with Crippen molar-refractivity contribution >= 4 is 40.6 Å². The van der Waals surface area contributed by atoms with Crippen molar-refractivity contribution < 1.29 is 19.4 Å². The quantitative estimate of drug-likeness (QED) is 0.213. The number of benzene rings is 2. The summed E-state index contributed by atoms with van der Waals surface area (Å²) in [6, 6.07) is 10.3. The molecule has 0 unspecified atom stereocenters. The number of thioether (sulfide) groups is 1. The van der Waals surface area contributed by atoms with Crippen molar-refractivity contribution in [2.24, 2.45) is 5.92 Å². The molecule has 182 valence electrons. The number of nitrogens with zero attached hydrogens (tertiary/aromatic N) is 4. The number of hydrogen-bond acceptors (Lipinski definition) is 9. The van der Waals surface area contributed by atoms with Crippen LogP contribution < -0.4 is 10.6 Å². The number of hydrogen-bond donors (Lipinski definition) is 3. The maximum atomic E-state index is 12.7. The van der Waals surface area contributed by atoms with E-state index in [0.717, 1.165) is 11.8 Å². The molecule has 0 aliphatic carbocycles. The van der Waals surface area contributed by atoms with Gasteiger partial charge < -0.3 is 10.6 Å². The van der Waals surface area contributed by atoms with Crippen LogP contribution in [0.5, 0.6) is 0 Å². The van der Waals surface area contributed by atoms with E-state index < -0.39 is 21.8 Å². The first-order valence-corrected chi connectivity index (χ1v) is 11.3. The zero-order valence-electron chi connectivity index (χ0n) is 18.6. The van der Waals surface area contributed by atoms with Gasteiger partial charge >= 0.3 is 0 Å². The summed E-state index contributed by atoms with van der Waals surface area (Å²) in [4.78, 5) is 49.8. The maximum absolute atomic E-state index is 12.7. The fourth-order valence-electron chi connectivity index (χ4n) is 2.99. The summed E-state index contributed by atoms with van der Waals surface area (Å²) >= 11 is 1.06. The predicted octanol–water partition coefficient (Wildman–Crippen LogP) is 3.48. The van der Waals surface area contributed by atoms with Crippen molar-refractivity contribution in [3.63, 3.8) is 0 Å². The number of non-ortho nitro benzene ring substituents is 2. The topological polar surface area (TPSA) is 186 Å².